The van der Waals surface area contributed by atoms with Crippen LogP contribution in [0.5, 0.6) is 0 Å². The highest BCUT2D eigenvalue weighted by molar-refractivity contribution is 7.99. The molecule has 1 aliphatic carbocycles. The van der Waals surface area contributed by atoms with E-state index in [9.17, 15) is 0 Å². The molecule has 0 unspecified atom stereocenters. The van der Waals surface area contributed by atoms with Crippen molar-refractivity contribution in [2.45, 2.75) is 57.3 Å². The van der Waals surface area contributed by atoms with Crippen LogP contribution in [0.15, 0.2) is 28.1 Å². The van der Waals surface area contributed by atoms with E-state index in [-0.39, 0.29) is 0 Å². The summed E-state index contributed by atoms with van der Waals surface area (Å²) in [6.45, 7) is 8.22. The van der Waals surface area contributed by atoms with Crippen molar-refractivity contribution in [2.24, 2.45) is 16.8 Å². The van der Waals surface area contributed by atoms with Gasteiger partial charge in [0, 0.05) is 10.6 Å². The lowest BCUT2D eigenvalue weighted by Crippen LogP contribution is -1.97. The van der Waals surface area contributed by atoms with Crippen molar-refractivity contribution in [3.8, 4) is 0 Å². The number of thioether (sulfide) groups is 1. The average molecular weight is 289 g/mol. The summed E-state index contributed by atoms with van der Waals surface area (Å²) >= 11 is 1.92. The quantitative estimate of drug-likeness (QED) is 0.450. The Balaban J connectivity index is 1.98. The highest BCUT2D eigenvalue weighted by atomic mass is 32.2. The summed E-state index contributed by atoms with van der Waals surface area (Å²) in [6, 6.07) is 6.71. The van der Waals surface area contributed by atoms with Crippen LogP contribution >= 0.6 is 11.8 Å². The number of rotatable bonds is 7. The first kappa shape index (κ1) is 15.6. The zero-order valence-corrected chi connectivity index (χ0v) is 13.7. The van der Waals surface area contributed by atoms with E-state index in [0.29, 0.717) is 5.92 Å². The van der Waals surface area contributed by atoms with Crippen molar-refractivity contribution in [1.29, 1.82) is 0 Å². The molecule has 1 nitrogen and oxygen atoms in total. The lowest BCUT2D eigenvalue weighted by atomic mass is 9.98. The fraction of sp³-hybridized carbons (Fsp3) is 0.611. The number of hydrogen-bond acceptors (Lipinski definition) is 2. The van der Waals surface area contributed by atoms with Gasteiger partial charge in [0.05, 0.1) is 5.69 Å². The van der Waals surface area contributed by atoms with Crippen LogP contribution in [-0.2, 0) is 6.42 Å². The maximum Gasteiger partial charge on any atom is 0.0758 e. The Kier molecular flexibility index (Phi) is 6.15. The summed E-state index contributed by atoms with van der Waals surface area (Å²) in [7, 11) is 0. The van der Waals surface area contributed by atoms with Crippen LogP contribution in [0.4, 0.5) is 5.69 Å². The summed E-state index contributed by atoms with van der Waals surface area (Å²) in [5, 5.41) is 0. The van der Waals surface area contributed by atoms with Gasteiger partial charge in [-0.25, -0.2) is 0 Å². The normalized spacial score (nSPS) is 15.9. The van der Waals surface area contributed by atoms with Gasteiger partial charge in [0.15, 0.2) is 0 Å². The second-order valence-electron chi connectivity index (χ2n) is 6.35. The molecular weight excluding hydrogens is 262 g/mol. The second-order valence-corrected chi connectivity index (χ2v) is 7.42. The maximum absolute atomic E-state index is 4.16. The molecule has 110 valence electrons. The zero-order valence-electron chi connectivity index (χ0n) is 12.9. The SMILES string of the molecule is C=Nc1ccc(CCC2CCCC2)cc1SCC(C)C. The lowest BCUT2D eigenvalue weighted by Gasteiger charge is -2.12. The smallest absolute Gasteiger partial charge is 0.0758 e. The largest absolute Gasteiger partial charge is 0.263 e. The monoisotopic (exact) mass is 289 g/mol. The van der Waals surface area contributed by atoms with Gasteiger partial charge < -0.3 is 0 Å². The molecule has 0 N–H and O–H groups in total. The molecule has 1 saturated carbocycles. The molecule has 1 aliphatic rings. The number of hydrogen-bond donors (Lipinski definition) is 0. The molecule has 0 spiro atoms. The van der Waals surface area contributed by atoms with E-state index in [1.54, 1.807) is 0 Å². The van der Waals surface area contributed by atoms with Crippen molar-refractivity contribution in [1.82, 2.24) is 0 Å². The van der Waals surface area contributed by atoms with Gasteiger partial charge in [0.25, 0.3) is 0 Å². The van der Waals surface area contributed by atoms with Crippen LogP contribution in [0.3, 0.4) is 0 Å². The lowest BCUT2D eigenvalue weighted by molar-refractivity contribution is 0.503. The van der Waals surface area contributed by atoms with Crippen molar-refractivity contribution in [2.75, 3.05) is 5.75 Å². The van der Waals surface area contributed by atoms with E-state index in [4.69, 9.17) is 0 Å². The van der Waals surface area contributed by atoms with Gasteiger partial charge in [0.1, 0.15) is 0 Å². The molecule has 2 rings (SSSR count). The van der Waals surface area contributed by atoms with E-state index in [0.717, 1.165) is 17.4 Å². The van der Waals surface area contributed by atoms with E-state index >= 15 is 0 Å². The van der Waals surface area contributed by atoms with E-state index < -0.39 is 0 Å². The van der Waals surface area contributed by atoms with Gasteiger partial charge in [-0.05, 0) is 49.1 Å². The van der Waals surface area contributed by atoms with Gasteiger partial charge in [-0.15, -0.1) is 11.8 Å². The fourth-order valence-corrected chi connectivity index (χ4v) is 3.91. The van der Waals surface area contributed by atoms with Crippen LogP contribution in [0.2, 0.25) is 0 Å². The Bertz CT molecular complexity index is 433. The third-order valence-electron chi connectivity index (χ3n) is 4.08. The van der Waals surface area contributed by atoms with Crippen molar-refractivity contribution in [3.05, 3.63) is 23.8 Å². The van der Waals surface area contributed by atoms with Gasteiger partial charge in [-0.2, -0.15) is 0 Å². The predicted octanol–water partition coefficient (Wildman–Crippen LogP) is 5.89. The molecule has 1 fully saturated rings. The first-order valence-corrected chi connectivity index (χ1v) is 8.90. The molecule has 0 atom stereocenters. The molecule has 0 bridgehead atoms. The molecular formula is C18H27NS. The van der Waals surface area contributed by atoms with E-state index in [1.807, 2.05) is 11.8 Å². The van der Waals surface area contributed by atoms with Gasteiger partial charge in [-0.1, -0.05) is 45.6 Å². The first-order valence-electron chi connectivity index (χ1n) is 7.91. The molecule has 0 saturated heterocycles. The van der Waals surface area contributed by atoms with Crippen molar-refractivity contribution in [3.63, 3.8) is 0 Å². The number of aliphatic imine (C=N–C) groups is 1. The van der Waals surface area contributed by atoms with E-state index in [1.165, 1.54) is 49.0 Å². The molecule has 2 heteroatoms. The van der Waals surface area contributed by atoms with E-state index in [2.05, 4.69) is 43.8 Å². The molecule has 0 heterocycles. The highest BCUT2D eigenvalue weighted by Crippen LogP contribution is 2.33. The van der Waals surface area contributed by atoms with Crippen molar-refractivity contribution >= 4 is 24.2 Å². The van der Waals surface area contributed by atoms with Crippen LogP contribution in [0.1, 0.15) is 51.5 Å². The third kappa shape index (κ3) is 4.66. The Morgan fingerprint density at radius 1 is 1.30 bits per heavy atom. The van der Waals surface area contributed by atoms with Gasteiger partial charge >= 0.3 is 0 Å². The van der Waals surface area contributed by atoms with Crippen molar-refractivity contribution < 1.29 is 0 Å². The Morgan fingerprint density at radius 2 is 2.05 bits per heavy atom. The summed E-state index contributed by atoms with van der Waals surface area (Å²) < 4.78 is 0. The van der Waals surface area contributed by atoms with Crippen LogP contribution in [0.25, 0.3) is 0 Å². The van der Waals surface area contributed by atoms with Gasteiger partial charge in [-0.3, -0.25) is 4.99 Å². The minimum absolute atomic E-state index is 0.708. The molecule has 20 heavy (non-hydrogen) atoms. The predicted molar refractivity (Wildman–Crippen MR) is 91.5 cm³/mol. The second kappa shape index (κ2) is 7.87. The molecule has 0 radical (unpaired) electrons. The fourth-order valence-electron chi connectivity index (χ4n) is 2.89. The Labute approximate surface area is 128 Å². The Morgan fingerprint density at radius 3 is 2.70 bits per heavy atom. The standard InChI is InChI=1S/C18H27NS/c1-14(2)13-20-18-12-16(10-11-17(18)19-3)9-8-15-6-4-5-7-15/h10-12,14-15H,3-9,13H2,1-2H3. The highest BCUT2D eigenvalue weighted by Gasteiger charge is 2.15. The number of nitrogens with zero attached hydrogens (tertiary/aromatic N) is 1. The number of benzene rings is 1. The zero-order chi connectivity index (χ0) is 14.4. The summed E-state index contributed by atoms with van der Waals surface area (Å²) in [6.07, 6.45) is 8.36. The minimum atomic E-state index is 0.708. The third-order valence-corrected chi connectivity index (χ3v) is 5.55. The topological polar surface area (TPSA) is 12.4 Å². The summed E-state index contributed by atoms with van der Waals surface area (Å²) in [5.74, 6) is 2.83. The summed E-state index contributed by atoms with van der Waals surface area (Å²) in [4.78, 5) is 5.46. The minimum Gasteiger partial charge on any atom is -0.263 e. The average Bonchev–Trinajstić information content (AvgIpc) is 2.96. The molecule has 0 aromatic heterocycles. The maximum atomic E-state index is 4.16. The van der Waals surface area contributed by atoms with Crippen LogP contribution in [-0.4, -0.2) is 12.5 Å². The first-order chi connectivity index (χ1) is 9.69. The van der Waals surface area contributed by atoms with Crippen LogP contribution in [0, 0.1) is 11.8 Å². The Hall–Kier alpha value is -0.760. The molecule has 1 aromatic carbocycles. The molecule has 0 amide bonds. The molecule has 1 aromatic rings. The molecule has 0 aliphatic heterocycles. The number of aryl methyl sites for hydroxylation is 1. The summed E-state index contributed by atoms with van der Waals surface area (Å²) in [5.41, 5.74) is 2.51. The van der Waals surface area contributed by atoms with Gasteiger partial charge in [0.2, 0.25) is 0 Å². The van der Waals surface area contributed by atoms with Crippen LogP contribution < -0.4 is 0 Å².